The van der Waals surface area contributed by atoms with Crippen LogP contribution in [0.15, 0.2) is 18.2 Å². The lowest BCUT2D eigenvalue weighted by atomic mass is 10.1. The Kier molecular flexibility index (Phi) is 4.42. The Morgan fingerprint density at radius 1 is 1.63 bits per heavy atom. The summed E-state index contributed by atoms with van der Waals surface area (Å²) in [7, 11) is 1.70. The van der Waals surface area contributed by atoms with Crippen molar-refractivity contribution in [3.05, 3.63) is 33.9 Å². The van der Waals surface area contributed by atoms with Crippen molar-refractivity contribution in [2.75, 3.05) is 11.9 Å². The fraction of sp³-hybridized carbons (Fsp3) is 0.333. The molecular formula is C12H13N3O4. The van der Waals surface area contributed by atoms with E-state index in [0.717, 1.165) is 0 Å². The number of anilines is 1. The van der Waals surface area contributed by atoms with Gasteiger partial charge in [-0.1, -0.05) is 0 Å². The van der Waals surface area contributed by atoms with Crippen LogP contribution < -0.4 is 4.90 Å². The largest absolute Gasteiger partial charge is 0.477 e. The van der Waals surface area contributed by atoms with Crippen molar-refractivity contribution in [2.24, 2.45) is 0 Å². The van der Waals surface area contributed by atoms with Crippen LogP contribution in [0.3, 0.4) is 0 Å². The van der Waals surface area contributed by atoms with Crippen LogP contribution in [0.2, 0.25) is 0 Å². The van der Waals surface area contributed by atoms with Gasteiger partial charge in [0.05, 0.1) is 17.4 Å². The zero-order valence-corrected chi connectivity index (χ0v) is 10.5. The van der Waals surface area contributed by atoms with Crippen molar-refractivity contribution in [1.82, 2.24) is 0 Å². The van der Waals surface area contributed by atoms with E-state index in [2.05, 4.69) is 0 Å². The molecule has 1 unspecified atom stereocenters. The highest BCUT2D eigenvalue weighted by Gasteiger charge is 2.22. The van der Waals surface area contributed by atoms with E-state index in [1.807, 2.05) is 6.07 Å². The number of nitrogens with zero attached hydrogens (tertiary/aromatic N) is 3. The highest BCUT2D eigenvalue weighted by atomic mass is 16.6. The van der Waals surface area contributed by atoms with Crippen molar-refractivity contribution in [2.45, 2.75) is 19.4 Å². The van der Waals surface area contributed by atoms with Gasteiger partial charge in [-0.25, -0.2) is 4.79 Å². The fourth-order valence-corrected chi connectivity index (χ4v) is 1.59. The topological polar surface area (TPSA) is 107 Å². The number of benzene rings is 1. The summed E-state index contributed by atoms with van der Waals surface area (Å²) < 4.78 is 0. The summed E-state index contributed by atoms with van der Waals surface area (Å²) in [6.07, 6.45) is 0.269. The van der Waals surface area contributed by atoms with Gasteiger partial charge in [-0.2, -0.15) is 5.26 Å². The molecule has 0 fully saturated rings. The van der Waals surface area contributed by atoms with Gasteiger partial charge >= 0.3 is 5.97 Å². The predicted octanol–water partition coefficient (Wildman–Crippen LogP) is 2.03. The van der Waals surface area contributed by atoms with Gasteiger partial charge in [0, 0.05) is 24.8 Å². The number of nitro groups is 1. The van der Waals surface area contributed by atoms with Crippen LogP contribution in [0.4, 0.5) is 11.4 Å². The van der Waals surface area contributed by atoms with Crippen molar-refractivity contribution in [1.29, 1.82) is 5.26 Å². The minimum atomic E-state index is -1.34. The zero-order chi connectivity index (χ0) is 14.6. The Balaban J connectivity index is 3.19. The van der Waals surface area contributed by atoms with Gasteiger partial charge < -0.3 is 10.0 Å². The molecule has 0 aromatic heterocycles. The average Bonchev–Trinajstić information content (AvgIpc) is 2.37. The molecule has 0 saturated heterocycles. The Hall–Kier alpha value is -2.62. The van der Waals surface area contributed by atoms with Crippen LogP contribution in [0.5, 0.6) is 0 Å². The molecule has 0 spiro atoms. The minimum absolute atomic E-state index is 0.125. The summed E-state index contributed by atoms with van der Waals surface area (Å²) in [6.45, 7) is 1.81. The highest BCUT2D eigenvalue weighted by Crippen LogP contribution is 2.26. The number of rotatable bonds is 5. The molecule has 1 aromatic rings. The lowest BCUT2D eigenvalue weighted by molar-refractivity contribution is -0.385. The molecule has 19 heavy (non-hydrogen) atoms. The van der Waals surface area contributed by atoms with Crippen LogP contribution in [-0.4, -0.2) is 29.1 Å². The molecule has 0 aliphatic rings. The summed E-state index contributed by atoms with van der Waals surface area (Å²) >= 11 is 0. The average molecular weight is 263 g/mol. The Morgan fingerprint density at radius 2 is 2.26 bits per heavy atom. The number of aromatic carboxylic acids is 1. The fourth-order valence-electron chi connectivity index (χ4n) is 1.59. The first-order valence-electron chi connectivity index (χ1n) is 5.50. The van der Waals surface area contributed by atoms with E-state index in [1.54, 1.807) is 18.9 Å². The van der Waals surface area contributed by atoms with Crippen LogP contribution >= 0.6 is 0 Å². The van der Waals surface area contributed by atoms with Gasteiger partial charge in [0.2, 0.25) is 0 Å². The van der Waals surface area contributed by atoms with Crippen molar-refractivity contribution in [3.63, 3.8) is 0 Å². The summed E-state index contributed by atoms with van der Waals surface area (Å²) in [4.78, 5) is 22.7. The minimum Gasteiger partial charge on any atom is -0.477 e. The Bertz CT molecular complexity index is 550. The van der Waals surface area contributed by atoms with E-state index in [9.17, 15) is 14.9 Å². The molecule has 7 nitrogen and oxygen atoms in total. The molecule has 100 valence electrons. The maximum atomic E-state index is 10.9. The predicted molar refractivity (Wildman–Crippen MR) is 68.2 cm³/mol. The molecular weight excluding hydrogens is 250 g/mol. The second-order valence-corrected chi connectivity index (χ2v) is 4.09. The zero-order valence-electron chi connectivity index (χ0n) is 10.5. The highest BCUT2D eigenvalue weighted by molar-refractivity contribution is 5.93. The number of carbonyl (C=O) groups is 1. The van der Waals surface area contributed by atoms with Gasteiger partial charge in [0.15, 0.2) is 0 Å². The molecule has 0 amide bonds. The number of hydrogen-bond donors (Lipinski definition) is 1. The molecule has 0 bridgehead atoms. The van der Waals surface area contributed by atoms with Gasteiger partial charge in [-0.3, -0.25) is 10.1 Å². The third-order valence-electron chi connectivity index (χ3n) is 2.86. The number of nitro benzene ring substituents is 1. The van der Waals surface area contributed by atoms with E-state index < -0.39 is 16.6 Å². The monoisotopic (exact) mass is 263 g/mol. The summed E-state index contributed by atoms with van der Waals surface area (Å²) in [5.74, 6) is -1.34. The van der Waals surface area contributed by atoms with E-state index >= 15 is 0 Å². The van der Waals surface area contributed by atoms with Crippen LogP contribution in [0, 0.1) is 21.4 Å². The third kappa shape index (κ3) is 3.19. The molecule has 0 aliphatic carbocycles. The number of hydrogen-bond acceptors (Lipinski definition) is 5. The molecule has 1 rings (SSSR count). The standard InChI is InChI=1S/C12H13N3O4/c1-8(5-6-13)14(2)9-3-4-10(12(16)17)11(7-9)15(18)19/h3-4,7-8H,5H2,1-2H3,(H,16,17). The van der Waals surface area contributed by atoms with E-state index in [-0.39, 0.29) is 18.0 Å². The van der Waals surface area contributed by atoms with Crippen molar-refractivity contribution >= 4 is 17.3 Å². The summed E-state index contributed by atoms with van der Waals surface area (Å²) in [5.41, 5.74) is -0.310. The first-order chi connectivity index (χ1) is 8.88. The first-order valence-corrected chi connectivity index (χ1v) is 5.50. The van der Waals surface area contributed by atoms with Gasteiger partial charge in [0.25, 0.3) is 5.69 Å². The maximum absolute atomic E-state index is 10.9. The van der Waals surface area contributed by atoms with Crippen LogP contribution in [0.25, 0.3) is 0 Å². The second-order valence-electron chi connectivity index (χ2n) is 4.09. The molecule has 0 radical (unpaired) electrons. The van der Waals surface area contributed by atoms with E-state index in [4.69, 9.17) is 10.4 Å². The molecule has 1 N–H and O–H groups in total. The maximum Gasteiger partial charge on any atom is 0.342 e. The normalized spacial score (nSPS) is 11.4. The van der Waals surface area contributed by atoms with Gasteiger partial charge in [-0.05, 0) is 19.1 Å². The van der Waals surface area contributed by atoms with Crippen LogP contribution in [0.1, 0.15) is 23.7 Å². The molecule has 1 atom stereocenters. The van der Waals surface area contributed by atoms with Gasteiger partial charge in [-0.15, -0.1) is 0 Å². The van der Waals surface area contributed by atoms with Gasteiger partial charge in [0.1, 0.15) is 5.56 Å². The number of carboxylic acids is 1. The number of nitriles is 1. The molecule has 7 heteroatoms. The van der Waals surface area contributed by atoms with E-state index in [0.29, 0.717) is 5.69 Å². The quantitative estimate of drug-likeness (QED) is 0.643. The Morgan fingerprint density at radius 3 is 2.74 bits per heavy atom. The van der Waals surface area contributed by atoms with E-state index in [1.165, 1.54) is 18.2 Å². The first kappa shape index (κ1) is 14.4. The lowest BCUT2D eigenvalue weighted by Crippen LogP contribution is -2.28. The smallest absolute Gasteiger partial charge is 0.342 e. The summed E-state index contributed by atoms with van der Waals surface area (Å²) in [6, 6.07) is 5.79. The third-order valence-corrected chi connectivity index (χ3v) is 2.86. The number of carboxylic acid groups (broad SMARTS) is 1. The molecule has 0 aliphatic heterocycles. The van der Waals surface area contributed by atoms with Crippen molar-refractivity contribution < 1.29 is 14.8 Å². The van der Waals surface area contributed by atoms with Crippen molar-refractivity contribution in [3.8, 4) is 6.07 Å². The molecule has 0 heterocycles. The Labute approximate surface area is 109 Å². The lowest BCUT2D eigenvalue weighted by Gasteiger charge is -2.25. The molecule has 1 aromatic carbocycles. The second kappa shape index (κ2) is 5.82. The molecule has 0 saturated carbocycles. The van der Waals surface area contributed by atoms with Crippen LogP contribution in [-0.2, 0) is 0 Å². The summed E-state index contributed by atoms with van der Waals surface area (Å²) in [5, 5.41) is 28.4. The SMILES string of the molecule is CC(CC#N)N(C)c1ccc(C(=O)O)c([N+](=O)[O-])c1.